The number of carbonyl (C=O) groups is 2. The predicted octanol–water partition coefficient (Wildman–Crippen LogP) is 2.11. The molecular formula is C20H22N6O2S. The van der Waals surface area contributed by atoms with E-state index in [2.05, 4.69) is 25.8 Å². The number of nitrogens with one attached hydrogen (secondary N) is 2. The Kier molecular flexibility index (Phi) is 6.96. The van der Waals surface area contributed by atoms with Crippen molar-refractivity contribution in [2.75, 3.05) is 11.1 Å². The molecule has 2 amide bonds. The Morgan fingerprint density at radius 1 is 1.07 bits per heavy atom. The highest BCUT2D eigenvalue weighted by molar-refractivity contribution is 7.99. The summed E-state index contributed by atoms with van der Waals surface area (Å²) in [7, 11) is 1.81. The molecule has 3 rings (SSSR count). The lowest BCUT2D eigenvalue weighted by Gasteiger charge is -2.07. The van der Waals surface area contributed by atoms with Gasteiger partial charge in [-0.3, -0.25) is 9.59 Å². The fourth-order valence-corrected chi connectivity index (χ4v) is 3.29. The van der Waals surface area contributed by atoms with Crippen LogP contribution in [-0.2, 0) is 29.6 Å². The third kappa shape index (κ3) is 5.89. The largest absolute Gasteiger partial charge is 0.349 e. The number of rotatable bonds is 8. The monoisotopic (exact) mass is 410 g/mol. The standard InChI is InChI=1S/C20H22N6O2S/c1-14-7-6-10-21-19(14)23-18(28)13-29-20-25-24-16(26(20)2)12-22-17(27)11-15-8-4-3-5-9-15/h3-10H,11-13H2,1-2H3,(H,22,27)(H,21,23,28). The topological polar surface area (TPSA) is 102 Å². The minimum Gasteiger partial charge on any atom is -0.349 e. The summed E-state index contributed by atoms with van der Waals surface area (Å²) in [6.45, 7) is 2.16. The molecule has 0 aliphatic carbocycles. The maximum atomic E-state index is 12.2. The summed E-state index contributed by atoms with van der Waals surface area (Å²) in [6, 6.07) is 13.2. The molecule has 2 heterocycles. The van der Waals surface area contributed by atoms with E-state index >= 15 is 0 Å². The van der Waals surface area contributed by atoms with E-state index in [0.717, 1.165) is 11.1 Å². The van der Waals surface area contributed by atoms with Crippen molar-refractivity contribution >= 4 is 29.4 Å². The molecule has 3 aromatic rings. The Hall–Kier alpha value is -3.20. The highest BCUT2D eigenvalue weighted by atomic mass is 32.2. The van der Waals surface area contributed by atoms with E-state index < -0.39 is 0 Å². The van der Waals surface area contributed by atoms with Crippen molar-refractivity contribution < 1.29 is 9.59 Å². The van der Waals surface area contributed by atoms with Crippen LogP contribution in [0.1, 0.15) is 17.0 Å². The van der Waals surface area contributed by atoms with Crippen molar-refractivity contribution in [1.82, 2.24) is 25.1 Å². The molecule has 9 heteroatoms. The first-order chi connectivity index (χ1) is 14.0. The first kappa shape index (κ1) is 20.5. The van der Waals surface area contributed by atoms with Crippen molar-refractivity contribution in [2.24, 2.45) is 7.05 Å². The minimum absolute atomic E-state index is 0.0847. The van der Waals surface area contributed by atoms with Gasteiger partial charge >= 0.3 is 0 Å². The number of amides is 2. The van der Waals surface area contributed by atoms with Crippen LogP contribution < -0.4 is 10.6 Å². The van der Waals surface area contributed by atoms with Crippen LogP contribution in [-0.4, -0.2) is 37.3 Å². The van der Waals surface area contributed by atoms with Crippen LogP contribution in [0.15, 0.2) is 53.8 Å². The van der Waals surface area contributed by atoms with Crippen LogP contribution in [0.3, 0.4) is 0 Å². The molecule has 0 saturated carbocycles. The molecule has 29 heavy (non-hydrogen) atoms. The number of benzene rings is 1. The second-order valence-corrected chi connectivity index (χ2v) is 7.35. The van der Waals surface area contributed by atoms with E-state index in [-0.39, 0.29) is 24.1 Å². The smallest absolute Gasteiger partial charge is 0.236 e. The summed E-state index contributed by atoms with van der Waals surface area (Å²) in [4.78, 5) is 28.4. The summed E-state index contributed by atoms with van der Waals surface area (Å²) in [5.74, 6) is 1.10. The van der Waals surface area contributed by atoms with Gasteiger partial charge in [-0.05, 0) is 24.1 Å². The molecule has 0 bridgehead atoms. The van der Waals surface area contributed by atoms with Crippen LogP contribution in [0.2, 0.25) is 0 Å². The van der Waals surface area contributed by atoms with Crippen LogP contribution in [0.5, 0.6) is 0 Å². The maximum Gasteiger partial charge on any atom is 0.236 e. The van der Waals surface area contributed by atoms with Crippen molar-refractivity contribution in [1.29, 1.82) is 0 Å². The quantitative estimate of drug-likeness (QED) is 0.552. The number of nitrogens with zero attached hydrogens (tertiary/aromatic N) is 4. The van der Waals surface area contributed by atoms with Gasteiger partial charge in [0, 0.05) is 13.2 Å². The van der Waals surface area contributed by atoms with E-state index in [1.807, 2.05) is 56.4 Å². The van der Waals surface area contributed by atoms with Crippen molar-refractivity contribution in [2.45, 2.75) is 25.0 Å². The highest BCUT2D eigenvalue weighted by Gasteiger charge is 2.13. The Labute approximate surface area is 173 Å². The summed E-state index contributed by atoms with van der Waals surface area (Å²) < 4.78 is 1.77. The van der Waals surface area contributed by atoms with E-state index in [1.54, 1.807) is 10.8 Å². The average molecular weight is 411 g/mol. The van der Waals surface area contributed by atoms with Gasteiger partial charge in [-0.2, -0.15) is 0 Å². The van der Waals surface area contributed by atoms with Gasteiger partial charge in [-0.15, -0.1) is 10.2 Å². The fourth-order valence-electron chi connectivity index (χ4n) is 2.56. The molecule has 2 aromatic heterocycles. The van der Waals surface area contributed by atoms with Crippen molar-refractivity contribution in [3.8, 4) is 0 Å². The molecule has 2 N–H and O–H groups in total. The van der Waals surface area contributed by atoms with Crippen LogP contribution in [0.25, 0.3) is 0 Å². The normalized spacial score (nSPS) is 10.6. The van der Waals surface area contributed by atoms with E-state index in [0.29, 0.717) is 23.2 Å². The molecular weight excluding hydrogens is 388 g/mol. The van der Waals surface area contributed by atoms with Gasteiger partial charge in [-0.1, -0.05) is 48.2 Å². The summed E-state index contributed by atoms with van der Waals surface area (Å²) in [5, 5.41) is 14.4. The first-order valence-corrected chi connectivity index (χ1v) is 10.0. The zero-order chi connectivity index (χ0) is 20.6. The van der Waals surface area contributed by atoms with Gasteiger partial charge in [0.2, 0.25) is 11.8 Å². The summed E-state index contributed by atoms with van der Waals surface area (Å²) >= 11 is 1.27. The maximum absolute atomic E-state index is 12.2. The molecule has 0 fully saturated rings. The average Bonchev–Trinajstić information content (AvgIpc) is 3.07. The van der Waals surface area contributed by atoms with Crippen LogP contribution >= 0.6 is 11.8 Å². The van der Waals surface area contributed by atoms with Crippen LogP contribution in [0.4, 0.5) is 5.82 Å². The van der Waals surface area contributed by atoms with Crippen LogP contribution in [0, 0.1) is 6.92 Å². The number of pyridine rings is 1. The second kappa shape index (κ2) is 9.83. The van der Waals surface area contributed by atoms with Gasteiger partial charge in [-0.25, -0.2) is 4.98 Å². The Balaban J connectivity index is 1.48. The molecule has 1 aromatic carbocycles. The predicted molar refractivity (Wildman–Crippen MR) is 111 cm³/mol. The highest BCUT2D eigenvalue weighted by Crippen LogP contribution is 2.17. The van der Waals surface area contributed by atoms with Crippen molar-refractivity contribution in [3.05, 3.63) is 65.6 Å². The third-order valence-corrected chi connectivity index (χ3v) is 5.20. The minimum atomic E-state index is -0.169. The number of carbonyl (C=O) groups excluding carboxylic acids is 2. The number of aromatic nitrogens is 4. The van der Waals surface area contributed by atoms with Crippen molar-refractivity contribution in [3.63, 3.8) is 0 Å². The second-order valence-electron chi connectivity index (χ2n) is 6.40. The van der Waals surface area contributed by atoms with E-state index in [1.165, 1.54) is 11.8 Å². The Morgan fingerprint density at radius 3 is 2.62 bits per heavy atom. The third-order valence-electron chi connectivity index (χ3n) is 4.18. The van der Waals surface area contributed by atoms with E-state index in [4.69, 9.17) is 0 Å². The molecule has 0 saturated heterocycles. The molecule has 0 aliphatic rings. The number of hydrogen-bond donors (Lipinski definition) is 2. The molecule has 0 unspecified atom stereocenters. The summed E-state index contributed by atoms with van der Waals surface area (Å²) in [5.41, 5.74) is 1.85. The zero-order valence-corrected chi connectivity index (χ0v) is 17.1. The Morgan fingerprint density at radius 2 is 1.86 bits per heavy atom. The summed E-state index contributed by atoms with van der Waals surface area (Å²) in [6.07, 6.45) is 1.95. The lowest BCUT2D eigenvalue weighted by molar-refractivity contribution is -0.120. The number of anilines is 1. The van der Waals surface area contributed by atoms with Gasteiger partial charge in [0.1, 0.15) is 5.82 Å². The van der Waals surface area contributed by atoms with E-state index in [9.17, 15) is 9.59 Å². The molecule has 0 radical (unpaired) electrons. The molecule has 0 atom stereocenters. The van der Waals surface area contributed by atoms with Gasteiger partial charge in [0.25, 0.3) is 0 Å². The zero-order valence-electron chi connectivity index (χ0n) is 16.3. The molecule has 0 spiro atoms. The number of hydrogen-bond acceptors (Lipinski definition) is 6. The lowest BCUT2D eigenvalue weighted by atomic mass is 10.1. The molecule has 0 aliphatic heterocycles. The number of aryl methyl sites for hydroxylation is 1. The molecule has 8 nitrogen and oxygen atoms in total. The van der Waals surface area contributed by atoms with Gasteiger partial charge < -0.3 is 15.2 Å². The van der Waals surface area contributed by atoms with Gasteiger partial charge in [0.15, 0.2) is 11.0 Å². The SMILES string of the molecule is Cc1cccnc1NC(=O)CSc1nnc(CNC(=O)Cc2ccccc2)n1C. The fraction of sp³-hybridized carbons (Fsp3) is 0.250. The number of thioether (sulfide) groups is 1. The first-order valence-electron chi connectivity index (χ1n) is 9.06. The Bertz CT molecular complexity index is 990. The van der Waals surface area contributed by atoms with Gasteiger partial charge in [0.05, 0.1) is 18.7 Å². The lowest BCUT2D eigenvalue weighted by Crippen LogP contribution is -2.26. The molecule has 150 valence electrons.